The van der Waals surface area contributed by atoms with Crippen molar-refractivity contribution in [2.75, 3.05) is 0 Å². The van der Waals surface area contributed by atoms with E-state index >= 15 is 0 Å². The third-order valence-electron chi connectivity index (χ3n) is 2.97. The fraction of sp³-hybridized carbons (Fsp3) is 0.308. The van der Waals surface area contributed by atoms with Crippen LogP contribution in [0.2, 0.25) is 0 Å². The van der Waals surface area contributed by atoms with E-state index in [1.54, 1.807) is 17.6 Å². The maximum absolute atomic E-state index is 12.5. The number of thiophene rings is 1. The van der Waals surface area contributed by atoms with Crippen molar-refractivity contribution in [2.24, 2.45) is 0 Å². The lowest BCUT2D eigenvalue weighted by Gasteiger charge is -2.20. The van der Waals surface area contributed by atoms with Crippen molar-refractivity contribution in [1.29, 1.82) is 0 Å². The first-order valence-electron chi connectivity index (χ1n) is 5.81. The van der Waals surface area contributed by atoms with Crippen molar-refractivity contribution >= 4 is 39.8 Å². The number of furan rings is 1. The average Bonchev–Trinajstić information content (AvgIpc) is 2.88. The van der Waals surface area contributed by atoms with Crippen molar-refractivity contribution in [3.05, 3.63) is 44.0 Å². The van der Waals surface area contributed by atoms with Crippen molar-refractivity contribution in [1.82, 2.24) is 4.90 Å². The first-order chi connectivity index (χ1) is 8.74. The predicted molar refractivity (Wildman–Crippen MR) is 78.6 cm³/mol. The van der Waals surface area contributed by atoms with Crippen LogP contribution in [0, 0.1) is 2.88 Å². The molecule has 0 N–H and O–H groups in total. The van der Waals surface area contributed by atoms with Crippen LogP contribution in [0.25, 0.3) is 0 Å². The Bertz CT molecular complexity index is 545. The van der Waals surface area contributed by atoms with E-state index in [4.69, 9.17) is 4.42 Å². The standard InChI is InChI=1S/C13H12INO2S/c14-12-6-9(8-18-12)13(16)15(10-3-4-10)7-11-2-1-5-17-11/h1-2,5-6,8,10H,3-4,7H2. The molecule has 5 heteroatoms. The van der Waals surface area contributed by atoms with Crippen LogP contribution in [0.15, 0.2) is 34.3 Å². The Morgan fingerprint density at radius 2 is 2.39 bits per heavy atom. The highest BCUT2D eigenvalue weighted by molar-refractivity contribution is 14.1. The van der Waals surface area contributed by atoms with Gasteiger partial charge in [0.1, 0.15) is 5.76 Å². The Balaban J connectivity index is 1.79. The maximum atomic E-state index is 12.5. The molecule has 0 radical (unpaired) electrons. The van der Waals surface area contributed by atoms with E-state index in [9.17, 15) is 4.79 Å². The van der Waals surface area contributed by atoms with Crippen LogP contribution in [0.4, 0.5) is 0 Å². The molecule has 2 aromatic rings. The van der Waals surface area contributed by atoms with Crippen molar-refractivity contribution in [2.45, 2.75) is 25.4 Å². The first kappa shape index (κ1) is 12.2. The summed E-state index contributed by atoms with van der Waals surface area (Å²) in [6.45, 7) is 0.572. The molecular formula is C13H12INO2S. The number of carbonyl (C=O) groups excluding carboxylic acids is 1. The van der Waals surface area contributed by atoms with Crippen LogP contribution < -0.4 is 0 Å². The van der Waals surface area contributed by atoms with Crippen LogP contribution in [-0.2, 0) is 6.54 Å². The van der Waals surface area contributed by atoms with Gasteiger partial charge in [0.2, 0.25) is 0 Å². The Hall–Kier alpha value is -0.820. The quantitative estimate of drug-likeness (QED) is 0.765. The molecule has 0 aliphatic heterocycles. The third kappa shape index (κ3) is 2.61. The van der Waals surface area contributed by atoms with E-state index in [0.29, 0.717) is 12.6 Å². The molecule has 1 fully saturated rings. The lowest BCUT2D eigenvalue weighted by molar-refractivity contribution is 0.0718. The Morgan fingerprint density at radius 3 is 2.94 bits per heavy atom. The number of nitrogens with zero attached hydrogens (tertiary/aromatic N) is 1. The van der Waals surface area contributed by atoms with Crippen LogP contribution in [-0.4, -0.2) is 16.8 Å². The van der Waals surface area contributed by atoms with E-state index in [1.807, 2.05) is 28.5 Å². The van der Waals surface area contributed by atoms with Crippen molar-refractivity contribution < 1.29 is 9.21 Å². The summed E-state index contributed by atoms with van der Waals surface area (Å²) < 4.78 is 6.48. The van der Waals surface area contributed by atoms with Gasteiger partial charge in [-0.05, 0) is 53.6 Å². The van der Waals surface area contributed by atoms with Crippen LogP contribution >= 0.6 is 33.9 Å². The fourth-order valence-corrected chi connectivity index (χ4v) is 3.23. The van der Waals surface area contributed by atoms with Gasteiger partial charge in [0.15, 0.2) is 0 Å². The molecule has 0 spiro atoms. The van der Waals surface area contributed by atoms with Gasteiger partial charge in [-0.2, -0.15) is 0 Å². The van der Waals surface area contributed by atoms with Crippen LogP contribution in [0.1, 0.15) is 29.0 Å². The number of hydrogen-bond acceptors (Lipinski definition) is 3. The van der Waals surface area contributed by atoms with Gasteiger partial charge < -0.3 is 9.32 Å². The molecule has 1 aliphatic carbocycles. The molecule has 18 heavy (non-hydrogen) atoms. The molecule has 0 saturated heterocycles. The highest BCUT2D eigenvalue weighted by atomic mass is 127. The van der Waals surface area contributed by atoms with E-state index < -0.39 is 0 Å². The Kier molecular flexibility index (Phi) is 3.43. The van der Waals surface area contributed by atoms with E-state index in [2.05, 4.69) is 22.6 Å². The smallest absolute Gasteiger partial charge is 0.255 e. The monoisotopic (exact) mass is 373 g/mol. The predicted octanol–water partition coefficient (Wildman–Crippen LogP) is 3.75. The van der Waals surface area contributed by atoms with Crippen LogP contribution in [0.3, 0.4) is 0 Å². The van der Waals surface area contributed by atoms with Crippen molar-refractivity contribution in [3.63, 3.8) is 0 Å². The molecule has 1 aliphatic rings. The summed E-state index contributed by atoms with van der Waals surface area (Å²) >= 11 is 3.85. The molecule has 3 rings (SSSR count). The van der Waals surface area contributed by atoms with Gasteiger partial charge in [0, 0.05) is 11.4 Å². The molecule has 0 unspecified atom stereocenters. The molecule has 0 aromatic carbocycles. The number of carbonyl (C=O) groups is 1. The van der Waals surface area contributed by atoms with E-state index in [0.717, 1.165) is 27.0 Å². The minimum absolute atomic E-state index is 0.119. The molecule has 2 heterocycles. The largest absolute Gasteiger partial charge is 0.467 e. The molecule has 1 amide bonds. The topological polar surface area (TPSA) is 33.5 Å². The summed E-state index contributed by atoms with van der Waals surface area (Å²) in [6.07, 6.45) is 3.86. The van der Waals surface area contributed by atoms with E-state index in [1.165, 1.54) is 0 Å². The summed E-state index contributed by atoms with van der Waals surface area (Å²) in [6, 6.07) is 6.11. The molecule has 2 aromatic heterocycles. The first-order valence-corrected chi connectivity index (χ1v) is 7.77. The maximum Gasteiger partial charge on any atom is 0.255 e. The molecule has 0 atom stereocenters. The van der Waals surface area contributed by atoms with Crippen molar-refractivity contribution in [3.8, 4) is 0 Å². The zero-order chi connectivity index (χ0) is 12.5. The molecule has 0 bridgehead atoms. The van der Waals surface area contributed by atoms with Gasteiger partial charge >= 0.3 is 0 Å². The second kappa shape index (κ2) is 5.05. The van der Waals surface area contributed by atoms with Gasteiger partial charge in [0.25, 0.3) is 5.91 Å². The average molecular weight is 373 g/mol. The highest BCUT2D eigenvalue weighted by Gasteiger charge is 2.33. The number of rotatable bonds is 4. The molecule has 1 saturated carbocycles. The SMILES string of the molecule is O=C(c1csc(I)c1)N(Cc1ccco1)C1CC1. The van der Waals surface area contributed by atoms with Gasteiger partial charge in [0.05, 0.1) is 21.3 Å². The van der Waals surface area contributed by atoms with E-state index in [-0.39, 0.29) is 5.91 Å². The minimum atomic E-state index is 0.119. The summed E-state index contributed by atoms with van der Waals surface area (Å²) in [5.74, 6) is 0.966. The number of amides is 1. The van der Waals surface area contributed by atoms with Gasteiger partial charge in [-0.1, -0.05) is 0 Å². The normalized spacial score (nSPS) is 14.7. The second-order valence-corrected chi connectivity index (χ2v) is 7.19. The third-order valence-corrected chi connectivity index (χ3v) is 4.76. The Labute approximate surface area is 123 Å². The molecular weight excluding hydrogens is 361 g/mol. The zero-order valence-electron chi connectivity index (χ0n) is 9.64. The molecule has 94 valence electrons. The summed E-state index contributed by atoms with van der Waals surface area (Å²) in [5.41, 5.74) is 0.794. The summed E-state index contributed by atoms with van der Waals surface area (Å²) in [7, 11) is 0. The Morgan fingerprint density at radius 1 is 1.56 bits per heavy atom. The van der Waals surface area contributed by atoms with Gasteiger partial charge in [-0.15, -0.1) is 11.3 Å². The summed E-state index contributed by atoms with van der Waals surface area (Å²) in [4.78, 5) is 14.4. The van der Waals surface area contributed by atoms with Crippen LogP contribution in [0.5, 0.6) is 0 Å². The van der Waals surface area contributed by atoms with Gasteiger partial charge in [-0.3, -0.25) is 4.79 Å². The second-order valence-electron chi connectivity index (χ2n) is 4.38. The van der Waals surface area contributed by atoms with Gasteiger partial charge in [-0.25, -0.2) is 0 Å². The summed E-state index contributed by atoms with van der Waals surface area (Å²) in [5, 5.41) is 1.93. The lowest BCUT2D eigenvalue weighted by Crippen LogP contribution is -2.32. The minimum Gasteiger partial charge on any atom is -0.467 e. The highest BCUT2D eigenvalue weighted by Crippen LogP contribution is 2.30. The fourth-order valence-electron chi connectivity index (χ4n) is 1.91. The number of halogens is 1. The lowest BCUT2D eigenvalue weighted by atomic mass is 10.2. The zero-order valence-corrected chi connectivity index (χ0v) is 12.6. The number of hydrogen-bond donors (Lipinski definition) is 0. The molecule has 3 nitrogen and oxygen atoms in total.